The summed E-state index contributed by atoms with van der Waals surface area (Å²) in [5.41, 5.74) is 5.85. The van der Waals surface area contributed by atoms with Crippen LogP contribution in [0.2, 0.25) is 5.02 Å². The third-order valence-corrected chi connectivity index (χ3v) is 2.92. The molecule has 0 saturated carbocycles. The molecule has 0 aliphatic rings. The average Bonchev–Trinajstić information content (AvgIpc) is 2.30. The van der Waals surface area contributed by atoms with Gasteiger partial charge in [-0.2, -0.15) is 0 Å². The Bertz CT molecular complexity index is 435. The number of carbonyl (C=O) groups is 1. The number of nitrogens with two attached hydrogens (primary N) is 1. The van der Waals surface area contributed by atoms with Gasteiger partial charge >= 0.3 is 0 Å². The van der Waals surface area contributed by atoms with Gasteiger partial charge in [-0.25, -0.2) is 4.39 Å². The molecule has 0 aliphatic carbocycles. The van der Waals surface area contributed by atoms with E-state index in [-0.39, 0.29) is 10.9 Å². The van der Waals surface area contributed by atoms with Crippen LogP contribution in [-0.4, -0.2) is 18.0 Å². The number of carbonyl (C=O) groups excluding carboxylic acids is 1. The molecular formula is C13H18ClFN2O. The number of benzene rings is 1. The van der Waals surface area contributed by atoms with Gasteiger partial charge in [0.15, 0.2) is 0 Å². The fourth-order valence-corrected chi connectivity index (χ4v) is 1.56. The Morgan fingerprint density at radius 2 is 2.17 bits per heavy atom. The smallest absolute Gasteiger partial charge is 0.220 e. The summed E-state index contributed by atoms with van der Waals surface area (Å²) in [5.74, 6) is -0.558. The van der Waals surface area contributed by atoms with Gasteiger partial charge in [0.2, 0.25) is 5.91 Å². The number of rotatable bonds is 5. The monoisotopic (exact) mass is 272 g/mol. The molecule has 1 amide bonds. The van der Waals surface area contributed by atoms with Crippen molar-refractivity contribution in [2.75, 3.05) is 6.54 Å². The summed E-state index contributed by atoms with van der Waals surface area (Å²) in [4.78, 5) is 11.7. The molecule has 0 heterocycles. The van der Waals surface area contributed by atoms with Crippen molar-refractivity contribution >= 4 is 17.5 Å². The number of nitrogens with one attached hydrogen (secondary N) is 1. The molecule has 5 heteroatoms. The number of amides is 1. The van der Waals surface area contributed by atoms with E-state index in [0.29, 0.717) is 19.4 Å². The maximum absolute atomic E-state index is 13.2. The molecule has 0 saturated heterocycles. The lowest BCUT2D eigenvalue weighted by molar-refractivity contribution is -0.122. The first kappa shape index (κ1) is 14.9. The SMILES string of the molecule is CC(C)(CN)NC(=O)CCc1ccc(Cl)c(F)c1. The van der Waals surface area contributed by atoms with Gasteiger partial charge in [-0.05, 0) is 38.0 Å². The van der Waals surface area contributed by atoms with Crippen LogP contribution >= 0.6 is 11.6 Å². The van der Waals surface area contributed by atoms with Crippen LogP contribution in [0.15, 0.2) is 18.2 Å². The van der Waals surface area contributed by atoms with E-state index in [9.17, 15) is 9.18 Å². The molecular weight excluding hydrogens is 255 g/mol. The molecule has 100 valence electrons. The van der Waals surface area contributed by atoms with Crippen LogP contribution in [0, 0.1) is 5.82 Å². The Labute approximate surface area is 112 Å². The standard InChI is InChI=1S/C13H18ClFN2O/c1-13(2,8-16)17-12(18)6-4-9-3-5-10(14)11(15)7-9/h3,5,7H,4,6,8,16H2,1-2H3,(H,17,18). The van der Waals surface area contributed by atoms with E-state index >= 15 is 0 Å². The molecule has 0 aromatic heterocycles. The van der Waals surface area contributed by atoms with Crippen LogP contribution in [0.1, 0.15) is 25.8 Å². The van der Waals surface area contributed by atoms with Crippen molar-refractivity contribution in [2.24, 2.45) is 5.73 Å². The van der Waals surface area contributed by atoms with Crippen molar-refractivity contribution < 1.29 is 9.18 Å². The molecule has 0 unspecified atom stereocenters. The quantitative estimate of drug-likeness (QED) is 0.864. The van der Waals surface area contributed by atoms with E-state index in [1.54, 1.807) is 6.07 Å². The second-order valence-electron chi connectivity index (χ2n) is 4.88. The van der Waals surface area contributed by atoms with Gasteiger partial charge in [0.1, 0.15) is 5.82 Å². The van der Waals surface area contributed by atoms with Crippen LogP contribution in [-0.2, 0) is 11.2 Å². The molecule has 0 bridgehead atoms. The highest BCUT2D eigenvalue weighted by molar-refractivity contribution is 6.30. The zero-order valence-corrected chi connectivity index (χ0v) is 11.4. The first-order valence-corrected chi connectivity index (χ1v) is 6.17. The average molecular weight is 273 g/mol. The number of aryl methyl sites for hydroxylation is 1. The summed E-state index contributed by atoms with van der Waals surface area (Å²) in [6, 6.07) is 4.56. The van der Waals surface area contributed by atoms with E-state index in [1.807, 2.05) is 13.8 Å². The van der Waals surface area contributed by atoms with Gasteiger partial charge in [-0.1, -0.05) is 17.7 Å². The summed E-state index contributed by atoms with van der Waals surface area (Å²) in [5, 5.41) is 2.91. The summed E-state index contributed by atoms with van der Waals surface area (Å²) in [7, 11) is 0. The summed E-state index contributed by atoms with van der Waals surface area (Å²) < 4.78 is 13.2. The maximum Gasteiger partial charge on any atom is 0.220 e. The second kappa shape index (κ2) is 6.16. The molecule has 3 nitrogen and oxygen atoms in total. The van der Waals surface area contributed by atoms with Crippen molar-refractivity contribution in [3.8, 4) is 0 Å². The zero-order valence-electron chi connectivity index (χ0n) is 10.6. The maximum atomic E-state index is 13.2. The molecule has 0 radical (unpaired) electrons. The third-order valence-electron chi connectivity index (χ3n) is 2.61. The predicted molar refractivity (Wildman–Crippen MR) is 71.0 cm³/mol. The summed E-state index contributed by atoms with van der Waals surface area (Å²) in [6.07, 6.45) is 0.769. The van der Waals surface area contributed by atoms with Gasteiger partial charge in [-0.15, -0.1) is 0 Å². The molecule has 0 atom stereocenters. The van der Waals surface area contributed by atoms with Crippen LogP contribution in [0.4, 0.5) is 4.39 Å². The van der Waals surface area contributed by atoms with Gasteiger partial charge in [0.05, 0.1) is 5.02 Å². The lowest BCUT2D eigenvalue weighted by atomic mass is 10.0. The molecule has 3 N–H and O–H groups in total. The van der Waals surface area contributed by atoms with E-state index < -0.39 is 11.4 Å². The van der Waals surface area contributed by atoms with E-state index in [4.69, 9.17) is 17.3 Å². The molecule has 0 spiro atoms. The normalized spacial score (nSPS) is 11.4. The van der Waals surface area contributed by atoms with E-state index in [1.165, 1.54) is 12.1 Å². The van der Waals surface area contributed by atoms with Crippen LogP contribution < -0.4 is 11.1 Å². The minimum Gasteiger partial charge on any atom is -0.350 e. The van der Waals surface area contributed by atoms with Gasteiger partial charge in [0.25, 0.3) is 0 Å². The highest BCUT2D eigenvalue weighted by Crippen LogP contribution is 2.16. The first-order valence-electron chi connectivity index (χ1n) is 5.79. The van der Waals surface area contributed by atoms with Gasteiger partial charge in [-0.3, -0.25) is 4.79 Å². The molecule has 0 fully saturated rings. The number of hydrogen-bond donors (Lipinski definition) is 2. The van der Waals surface area contributed by atoms with Crippen molar-refractivity contribution in [3.05, 3.63) is 34.6 Å². The Morgan fingerprint density at radius 3 is 2.72 bits per heavy atom. The highest BCUT2D eigenvalue weighted by Gasteiger charge is 2.17. The Hall–Kier alpha value is -1.13. The lowest BCUT2D eigenvalue weighted by Gasteiger charge is -2.24. The number of halogens is 2. The summed E-state index contributed by atoms with van der Waals surface area (Å²) in [6.45, 7) is 4.08. The van der Waals surface area contributed by atoms with E-state index in [2.05, 4.69) is 5.32 Å². The molecule has 1 aromatic rings. The lowest BCUT2D eigenvalue weighted by Crippen LogP contribution is -2.48. The van der Waals surface area contributed by atoms with Crippen molar-refractivity contribution in [1.29, 1.82) is 0 Å². The molecule has 1 aromatic carbocycles. The largest absolute Gasteiger partial charge is 0.350 e. The molecule has 18 heavy (non-hydrogen) atoms. The van der Waals surface area contributed by atoms with Crippen LogP contribution in [0.5, 0.6) is 0 Å². The minimum atomic E-state index is -0.461. The topological polar surface area (TPSA) is 55.1 Å². The summed E-state index contributed by atoms with van der Waals surface area (Å²) >= 11 is 5.58. The fourth-order valence-electron chi connectivity index (χ4n) is 1.44. The number of hydrogen-bond acceptors (Lipinski definition) is 2. The Balaban J connectivity index is 2.50. The van der Waals surface area contributed by atoms with Gasteiger partial charge < -0.3 is 11.1 Å². The Morgan fingerprint density at radius 1 is 1.50 bits per heavy atom. The minimum absolute atomic E-state index is 0.0902. The van der Waals surface area contributed by atoms with Crippen LogP contribution in [0.3, 0.4) is 0 Å². The van der Waals surface area contributed by atoms with E-state index in [0.717, 1.165) is 5.56 Å². The first-order chi connectivity index (χ1) is 8.34. The predicted octanol–water partition coefficient (Wildman–Crippen LogP) is 2.27. The highest BCUT2D eigenvalue weighted by atomic mass is 35.5. The Kier molecular flexibility index (Phi) is 5.11. The third kappa shape index (κ3) is 4.63. The van der Waals surface area contributed by atoms with Crippen molar-refractivity contribution in [2.45, 2.75) is 32.2 Å². The van der Waals surface area contributed by atoms with Crippen LogP contribution in [0.25, 0.3) is 0 Å². The molecule has 0 aliphatic heterocycles. The fraction of sp³-hybridized carbons (Fsp3) is 0.462. The van der Waals surface area contributed by atoms with Crippen molar-refractivity contribution in [1.82, 2.24) is 5.32 Å². The zero-order chi connectivity index (χ0) is 13.8. The van der Waals surface area contributed by atoms with Crippen molar-refractivity contribution in [3.63, 3.8) is 0 Å². The van der Waals surface area contributed by atoms with Gasteiger partial charge in [0, 0.05) is 18.5 Å². The second-order valence-corrected chi connectivity index (χ2v) is 5.29. The molecule has 1 rings (SSSR count).